The molecule has 2 amide bonds. The minimum Gasteiger partial charge on any atom is -0.493 e. The van der Waals surface area contributed by atoms with E-state index in [2.05, 4.69) is 28.1 Å². The lowest BCUT2D eigenvalue weighted by Gasteiger charge is -2.20. The van der Waals surface area contributed by atoms with E-state index in [1.54, 1.807) is 40.4 Å². The lowest BCUT2D eigenvalue weighted by molar-refractivity contribution is -0.122. The maximum atomic E-state index is 13.5. The van der Waals surface area contributed by atoms with Crippen molar-refractivity contribution in [3.05, 3.63) is 57.8 Å². The van der Waals surface area contributed by atoms with Crippen molar-refractivity contribution >= 4 is 17.5 Å². The zero-order chi connectivity index (χ0) is 29.3. The van der Waals surface area contributed by atoms with Gasteiger partial charge in [-0.3, -0.25) is 14.4 Å². The van der Waals surface area contributed by atoms with Gasteiger partial charge >= 0.3 is 0 Å². The van der Waals surface area contributed by atoms with Crippen LogP contribution in [0.2, 0.25) is 0 Å². The Labute approximate surface area is 240 Å². The third kappa shape index (κ3) is 5.62. The molecular formula is C32H39N3O6. The predicted molar refractivity (Wildman–Crippen MR) is 158 cm³/mol. The average molecular weight is 562 g/mol. The van der Waals surface area contributed by atoms with E-state index in [0.29, 0.717) is 65.6 Å². The summed E-state index contributed by atoms with van der Waals surface area (Å²) < 4.78 is 17.1. The number of nitrogens with one attached hydrogen (secondary N) is 3. The van der Waals surface area contributed by atoms with E-state index in [-0.39, 0.29) is 17.2 Å². The van der Waals surface area contributed by atoms with E-state index in [0.717, 1.165) is 23.1 Å². The quantitative estimate of drug-likeness (QED) is 0.397. The number of amides is 2. The number of hydrogen-bond acceptors (Lipinski definition) is 7. The van der Waals surface area contributed by atoms with Crippen molar-refractivity contribution in [1.82, 2.24) is 10.6 Å². The molecule has 0 saturated heterocycles. The summed E-state index contributed by atoms with van der Waals surface area (Å²) in [6, 6.07) is 5.99. The van der Waals surface area contributed by atoms with Crippen LogP contribution in [0.5, 0.6) is 17.2 Å². The standard InChI is InChI=1S/C32H39N3O6/c1-17(32(38)33-16-22-13-19-6-7-20(22)12-19)34-26-11-9-23-24(15-27(26)37)25(35-18(2)36)10-8-21-14-28(39-3)30(40-4)31(41-5)29(21)23/h6-7,9,11,14-15,17,19-20,22,25H,8,10,12-13,16H2,1-5H3,(H,33,38)(H,34,37)(H,35,36)/t17-,19+,20+,22-,25-/m0/s1. The number of benzene rings is 1. The molecule has 218 valence electrons. The maximum Gasteiger partial charge on any atom is 0.242 e. The number of carbonyl (C=O) groups is 2. The van der Waals surface area contributed by atoms with Gasteiger partial charge in [-0.15, -0.1) is 0 Å². The zero-order valence-corrected chi connectivity index (χ0v) is 24.3. The molecule has 2 aromatic carbocycles. The van der Waals surface area contributed by atoms with E-state index in [4.69, 9.17) is 14.2 Å². The Morgan fingerprint density at radius 3 is 2.44 bits per heavy atom. The van der Waals surface area contributed by atoms with Crippen LogP contribution in [0.25, 0.3) is 11.1 Å². The molecule has 0 radical (unpaired) electrons. The van der Waals surface area contributed by atoms with Crippen LogP contribution in [-0.4, -0.2) is 45.7 Å². The Kier molecular flexibility index (Phi) is 8.24. The lowest BCUT2D eigenvalue weighted by atomic mass is 9.93. The number of hydrogen-bond donors (Lipinski definition) is 3. The Hall–Kier alpha value is -4.01. The monoisotopic (exact) mass is 561 g/mol. The van der Waals surface area contributed by atoms with Crippen LogP contribution in [-0.2, 0) is 16.0 Å². The number of carbonyl (C=O) groups excluding carboxylic acids is 2. The average Bonchev–Trinajstić information content (AvgIpc) is 3.51. The van der Waals surface area contributed by atoms with E-state index >= 15 is 0 Å². The summed E-state index contributed by atoms with van der Waals surface area (Å²) in [5.41, 5.74) is 3.16. The molecule has 2 aromatic rings. The zero-order valence-electron chi connectivity index (χ0n) is 24.3. The first-order valence-corrected chi connectivity index (χ1v) is 14.2. The molecule has 0 aliphatic heterocycles. The van der Waals surface area contributed by atoms with Crippen LogP contribution in [0.15, 0.2) is 41.2 Å². The minimum atomic E-state index is -0.614. The van der Waals surface area contributed by atoms with E-state index in [1.165, 1.54) is 13.3 Å². The van der Waals surface area contributed by atoms with Crippen molar-refractivity contribution in [2.45, 2.75) is 51.6 Å². The topological polar surface area (TPSA) is 115 Å². The highest BCUT2D eigenvalue weighted by atomic mass is 16.5. The van der Waals surface area contributed by atoms with Crippen LogP contribution >= 0.6 is 0 Å². The second-order valence-corrected chi connectivity index (χ2v) is 11.2. The van der Waals surface area contributed by atoms with Gasteiger partial charge in [0, 0.05) is 19.0 Å². The Morgan fingerprint density at radius 2 is 1.80 bits per heavy atom. The minimum absolute atomic E-state index is 0.149. The number of anilines is 1. The van der Waals surface area contributed by atoms with Crippen LogP contribution in [0.3, 0.4) is 0 Å². The summed E-state index contributed by atoms with van der Waals surface area (Å²) in [4.78, 5) is 38.7. The highest BCUT2D eigenvalue weighted by Crippen LogP contribution is 2.50. The van der Waals surface area contributed by atoms with Crippen LogP contribution in [0.4, 0.5) is 5.69 Å². The van der Waals surface area contributed by atoms with Crippen LogP contribution in [0, 0.1) is 17.8 Å². The number of methoxy groups -OCH3 is 3. The fourth-order valence-electron chi connectivity index (χ4n) is 6.64. The first-order chi connectivity index (χ1) is 19.7. The Balaban J connectivity index is 1.49. The van der Waals surface area contributed by atoms with Gasteiger partial charge in [-0.1, -0.05) is 18.2 Å². The first-order valence-electron chi connectivity index (χ1n) is 14.2. The molecule has 9 nitrogen and oxygen atoms in total. The van der Waals surface area contributed by atoms with Gasteiger partial charge in [0.15, 0.2) is 11.5 Å². The van der Waals surface area contributed by atoms with Gasteiger partial charge in [-0.05, 0) is 85.3 Å². The normalized spacial score (nSPS) is 22.6. The molecule has 9 heteroatoms. The molecule has 0 aromatic heterocycles. The van der Waals surface area contributed by atoms with Gasteiger partial charge in [0.05, 0.1) is 33.1 Å². The number of ether oxygens (including phenoxy) is 3. The van der Waals surface area contributed by atoms with E-state index in [9.17, 15) is 14.4 Å². The maximum absolute atomic E-state index is 13.5. The van der Waals surface area contributed by atoms with Crippen molar-refractivity contribution in [1.29, 1.82) is 0 Å². The van der Waals surface area contributed by atoms with Gasteiger partial charge in [-0.25, -0.2) is 0 Å². The van der Waals surface area contributed by atoms with Crippen molar-refractivity contribution in [2.75, 3.05) is 33.2 Å². The fraction of sp³-hybridized carbons (Fsp3) is 0.469. The van der Waals surface area contributed by atoms with Crippen molar-refractivity contribution in [3.8, 4) is 28.4 Å². The highest BCUT2D eigenvalue weighted by Gasteiger charge is 2.36. The van der Waals surface area contributed by atoms with Crippen molar-refractivity contribution in [3.63, 3.8) is 0 Å². The molecule has 1 fully saturated rings. The fourth-order valence-corrected chi connectivity index (χ4v) is 6.64. The molecule has 0 spiro atoms. The third-order valence-corrected chi connectivity index (χ3v) is 8.64. The second-order valence-electron chi connectivity index (χ2n) is 11.2. The SMILES string of the molecule is COc1cc2c(c(OC)c1OC)-c1ccc(N[C@@H](C)C(=O)NC[C@@H]3C[C@@H]4C=C[C@@H]3C4)c(=O)cc1[C@@H](NC(C)=O)CC2. The molecular weight excluding hydrogens is 522 g/mol. The summed E-state index contributed by atoms with van der Waals surface area (Å²) in [7, 11) is 4.69. The highest BCUT2D eigenvalue weighted by molar-refractivity contribution is 5.85. The lowest BCUT2D eigenvalue weighted by Crippen LogP contribution is -2.41. The summed E-state index contributed by atoms with van der Waals surface area (Å²) in [6.07, 6.45) is 8.05. The molecule has 0 unspecified atom stereocenters. The summed E-state index contributed by atoms with van der Waals surface area (Å²) >= 11 is 0. The molecule has 2 bridgehead atoms. The van der Waals surface area contributed by atoms with Gasteiger partial charge in [0.2, 0.25) is 23.0 Å². The first kappa shape index (κ1) is 28.5. The molecule has 41 heavy (non-hydrogen) atoms. The molecule has 5 atom stereocenters. The number of allylic oxidation sites excluding steroid dienone is 2. The van der Waals surface area contributed by atoms with Gasteiger partial charge < -0.3 is 30.2 Å². The summed E-state index contributed by atoms with van der Waals surface area (Å²) in [5, 5.41) is 9.21. The second kappa shape index (κ2) is 11.8. The molecule has 3 aliphatic rings. The molecule has 3 aliphatic carbocycles. The predicted octanol–water partition coefficient (Wildman–Crippen LogP) is 3.99. The van der Waals surface area contributed by atoms with Crippen LogP contribution < -0.4 is 35.6 Å². The Bertz CT molecular complexity index is 1440. The number of aryl methyl sites for hydroxylation is 1. The third-order valence-electron chi connectivity index (χ3n) is 8.64. The summed E-state index contributed by atoms with van der Waals surface area (Å²) in [6.45, 7) is 3.85. The number of fused-ring (bicyclic) bond motifs is 5. The largest absolute Gasteiger partial charge is 0.493 e. The van der Waals surface area contributed by atoms with Gasteiger partial charge in [0.25, 0.3) is 0 Å². The number of rotatable bonds is 9. The smallest absolute Gasteiger partial charge is 0.242 e. The van der Waals surface area contributed by atoms with E-state index < -0.39 is 12.1 Å². The molecule has 1 saturated carbocycles. The van der Waals surface area contributed by atoms with E-state index in [1.807, 2.05) is 12.1 Å². The van der Waals surface area contributed by atoms with Crippen molar-refractivity contribution in [2.24, 2.45) is 17.8 Å². The van der Waals surface area contributed by atoms with Gasteiger partial charge in [-0.2, -0.15) is 0 Å². The van der Waals surface area contributed by atoms with Gasteiger partial charge in [0.1, 0.15) is 6.04 Å². The molecule has 5 rings (SSSR count). The Morgan fingerprint density at radius 1 is 1.02 bits per heavy atom. The molecule has 0 heterocycles. The van der Waals surface area contributed by atoms with Crippen molar-refractivity contribution < 1.29 is 23.8 Å². The summed E-state index contributed by atoms with van der Waals surface area (Å²) in [5.74, 6) is 2.80. The molecule has 3 N–H and O–H groups in total. The van der Waals surface area contributed by atoms with Crippen LogP contribution in [0.1, 0.15) is 50.3 Å².